The molecule has 0 atom stereocenters. The van der Waals surface area contributed by atoms with E-state index in [0.29, 0.717) is 0 Å². The summed E-state index contributed by atoms with van der Waals surface area (Å²) < 4.78 is 1.42. The molecule has 0 saturated carbocycles. The molecule has 0 nitrogen and oxygen atoms in total. The van der Waals surface area contributed by atoms with E-state index in [4.69, 9.17) is 0 Å². The first-order valence-electron chi connectivity index (χ1n) is 16.1. The van der Waals surface area contributed by atoms with Crippen molar-refractivity contribution < 1.29 is 49.0 Å². The van der Waals surface area contributed by atoms with Crippen LogP contribution in [0, 0.1) is 12.1 Å². The molecule has 6 rings (SSSR count). The maximum atomic E-state index is 3.67. The van der Waals surface area contributed by atoms with Gasteiger partial charge in [0.25, 0.3) is 0 Å². The van der Waals surface area contributed by atoms with Crippen molar-refractivity contribution in [2.45, 2.75) is 91.4 Å². The Kier molecular flexibility index (Phi) is 15.9. The Morgan fingerprint density at radius 2 is 1.33 bits per heavy atom. The summed E-state index contributed by atoms with van der Waals surface area (Å²) in [6.07, 6.45) is 13.5. The van der Waals surface area contributed by atoms with Crippen molar-refractivity contribution in [2.24, 2.45) is 0 Å². The van der Waals surface area contributed by atoms with E-state index >= 15 is 0 Å². The molecule has 2 aliphatic carbocycles. The number of fused-ring (bicyclic) bond motifs is 3. The second kappa shape index (κ2) is 18.3. The van der Waals surface area contributed by atoms with Crippen LogP contribution in [-0.4, -0.2) is 3.21 Å². The normalized spacial score (nSPS) is 12.6. The van der Waals surface area contributed by atoms with Crippen molar-refractivity contribution in [3.63, 3.8) is 0 Å². The van der Waals surface area contributed by atoms with Gasteiger partial charge in [0.15, 0.2) is 0 Å². The van der Waals surface area contributed by atoms with Gasteiger partial charge in [-0.1, -0.05) is 91.5 Å². The van der Waals surface area contributed by atoms with Gasteiger partial charge in [0, 0.05) is 0 Å². The van der Waals surface area contributed by atoms with Gasteiger partial charge >= 0.3 is 99.2 Å². The van der Waals surface area contributed by atoms with Crippen LogP contribution in [0.15, 0.2) is 109 Å². The van der Waals surface area contributed by atoms with Crippen LogP contribution < -0.4 is 24.8 Å². The Labute approximate surface area is 307 Å². The molecule has 0 aliphatic heterocycles. The quantitative estimate of drug-likeness (QED) is 0.215. The van der Waals surface area contributed by atoms with Gasteiger partial charge in [0.05, 0.1) is 0 Å². The van der Waals surface area contributed by atoms with Crippen molar-refractivity contribution in [1.29, 1.82) is 0 Å². The van der Waals surface area contributed by atoms with Gasteiger partial charge in [-0.25, -0.2) is 11.6 Å². The van der Waals surface area contributed by atoms with Gasteiger partial charge in [0.2, 0.25) is 0 Å². The Hall–Kier alpha value is -2.31. The summed E-state index contributed by atoms with van der Waals surface area (Å²) in [6, 6.07) is 36.3. The van der Waals surface area contributed by atoms with E-state index in [1.807, 2.05) is 0 Å². The van der Waals surface area contributed by atoms with Gasteiger partial charge in [-0.2, -0.15) is 29.8 Å². The molecule has 0 saturated heterocycles. The van der Waals surface area contributed by atoms with E-state index in [2.05, 4.69) is 164 Å². The molecule has 0 unspecified atom stereocenters. The molecule has 0 bridgehead atoms. The number of rotatable bonds is 5. The topological polar surface area (TPSA) is 0 Å². The SMILES string of the molecule is CC(C)(C)c1[c-]c2c(cc1)-c1ccc(C(C)(C)C)cc1C2.CCCCC1=CC[C-]=C1.[Cl-].[Cl-].[Zr+2]=[C](c1ccccc1)c1ccccc1. The van der Waals surface area contributed by atoms with Crippen molar-refractivity contribution in [2.75, 3.05) is 0 Å². The Balaban J connectivity index is 0.000000256. The molecule has 0 heterocycles. The summed E-state index contributed by atoms with van der Waals surface area (Å²) in [5, 5.41) is 0. The number of hydrogen-bond donors (Lipinski definition) is 0. The molecule has 240 valence electrons. The standard InChI is InChI=1S/C21H25.C13H10.C9H13.2ClH.Zr/c1-20(2,3)16-7-9-18-14(12-16)11-15-13-17(21(4,5)6)8-10-19(15)18;1-3-7-12(8-4-1)11-13-9-5-2-6-10-13;1-2-3-6-9-7-4-5-8-9;;;/h7-10,12H,11H2,1-6H3;1-10H;7-8H,2-4,6H2,1H3;2*1H;/q-1;;-1;;;+2/p-2. The number of halogens is 2. The van der Waals surface area contributed by atoms with Crippen LogP contribution in [0.2, 0.25) is 0 Å². The molecule has 4 aromatic carbocycles. The van der Waals surface area contributed by atoms with E-state index in [-0.39, 0.29) is 35.6 Å². The Morgan fingerprint density at radius 1 is 0.739 bits per heavy atom. The predicted molar refractivity (Wildman–Crippen MR) is 187 cm³/mol. The summed E-state index contributed by atoms with van der Waals surface area (Å²) >= 11 is 1.46. The van der Waals surface area contributed by atoms with E-state index in [9.17, 15) is 0 Å². The van der Waals surface area contributed by atoms with Crippen LogP contribution in [0.5, 0.6) is 0 Å². The minimum atomic E-state index is 0. The molecule has 3 heteroatoms. The first-order valence-corrected chi connectivity index (χ1v) is 17.3. The fourth-order valence-corrected chi connectivity index (χ4v) is 6.22. The number of unbranched alkanes of at least 4 members (excludes halogenated alkanes) is 1. The molecule has 0 radical (unpaired) electrons. The Bertz CT molecular complexity index is 1500. The van der Waals surface area contributed by atoms with E-state index in [0.717, 1.165) is 12.8 Å². The summed E-state index contributed by atoms with van der Waals surface area (Å²) in [5.41, 5.74) is 12.8. The predicted octanol–water partition coefficient (Wildman–Crippen LogP) is 5.33. The monoisotopic (exact) mass is 724 g/mol. The zero-order valence-electron chi connectivity index (χ0n) is 28.6. The van der Waals surface area contributed by atoms with Crippen molar-refractivity contribution >= 4 is 3.21 Å². The van der Waals surface area contributed by atoms with Crippen LogP contribution >= 0.6 is 0 Å². The number of allylic oxidation sites excluding steroid dienone is 4. The fraction of sp³-hybridized carbons (Fsp3) is 0.326. The van der Waals surface area contributed by atoms with E-state index < -0.39 is 0 Å². The molecular formula is C43H48Cl2Zr-2. The molecule has 0 aromatic heterocycles. The minimum absolute atomic E-state index is 0. The first-order chi connectivity index (χ1) is 21.0. The molecule has 0 spiro atoms. The molecule has 0 N–H and O–H groups in total. The zero-order valence-corrected chi connectivity index (χ0v) is 32.6. The maximum absolute atomic E-state index is 3.67. The van der Waals surface area contributed by atoms with Crippen LogP contribution in [0.3, 0.4) is 0 Å². The second-order valence-corrected chi connectivity index (χ2v) is 15.1. The average molecular weight is 727 g/mol. The number of benzene rings is 4. The van der Waals surface area contributed by atoms with Crippen molar-refractivity contribution in [1.82, 2.24) is 0 Å². The van der Waals surface area contributed by atoms with Gasteiger partial charge in [-0.15, -0.1) is 17.5 Å². The third-order valence-electron chi connectivity index (χ3n) is 8.18. The third-order valence-corrected chi connectivity index (χ3v) is 9.60. The second-order valence-electron chi connectivity index (χ2n) is 13.9. The fourth-order valence-electron chi connectivity index (χ4n) is 5.40. The average Bonchev–Trinajstić information content (AvgIpc) is 3.67. The van der Waals surface area contributed by atoms with Gasteiger partial charge < -0.3 is 24.8 Å². The van der Waals surface area contributed by atoms with E-state index in [1.165, 1.54) is 96.8 Å². The third kappa shape index (κ3) is 11.1. The zero-order chi connectivity index (χ0) is 31.7. The van der Waals surface area contributed by atoms with Gasteiger partial charge in [-0.3, -0.25) is 6.08 Å². The summed E-state index contributed by atoms with van der Waals surface area (Å²) in [7, 11) is 0. The molecule has 2 aliphatic rings. The molecule has 0 amide bonds. The van der Waals surface area contributed by atoms with E-state index in [1.54, 1.807) is 0 Å². The number of hydrogen-bond acceptors (Lipinski definition) is 0. The van der Waals surface area contributed by atoms with Crippen LogP contribution in [0.4, 0.5) is 0 Å². The molecule has 46 heavy (non-hydrogen) atoms. The van der Waals surface area contributed by atoms with Crippen LogP contribution in [-0.2, 0) is 41.5 Å². The van der Waals surface area contributed by atoms with Crippen LogP contribution in [0.25, 0.3) is 11.1 Å². The molecule has 4 aromatic rings. The Morgan fingerprint density at radius 3 is 1.83 bits per heavy atom. The summed E-state index contributed by atoms with van der Waals surface area (Å²) in [6.45, 7) is 15.8. The van der Waals surface area contributed by atoms with Crippen LogP contribution in [0.1, 0.15) is 108 Å². The summed E-state index contributed by atoms with van der Waals surface area (Å²) in [5.74, 6) is 0. The molecule has 0 fully saturated rings. The van der Waals surface area contributed by atoms with Gasteiger partial charge in [0.1, 0.15) is 0 Å². The van der Waals surface area contributed by atoms with Crippen molar-refractivity contribution in [3.8, 4) is 11.1 Å². The molecular weight excluding hydrogens is 679 g/mol. The summed E-state index contributed by atoms with van der Waals surface area (Å²) in [4.78, 5) is 0. The first kappa shape index (κ1) is 39.9. The van der Waals surface area contributed by atoms with Crippen molar-refractivity contribution in [3.05, 3.63) is 154 Å². The van der Waals surface area contributed by atoms with Gasteiger partial charge in [-0.05, 0) is 28.4 Å².